The van der Waals surface area contributed by atoms with Crippen LogP contribution < -0.4 is 5.32 Å². The summed E-state index contributed by atoms with van der Waals surface area (Å²) in [4.78, 5) is 6.44. The number of hydrogen-bond acceptors (Lipinski definition) is 4. The average Bonchev–Trinajstić information content (AvgIpc) is 3.04. The molecule has 2 aliphatic rings. The van der Waals surface area contributed by atoms with Crippen LogP contribution in [0, 0.1) is 0 Å². The molecule has 0 aromatic carbocycles. The van der Waals surface area contributed by atoms with Crippen molar-refractivity contribution in [2.75, 3.05) is 14.2 Å². The van der Waals surface area contributed by atoms with Gasteiger partial charge in [0.15, 0.2) is 0 Å². The third kappa shape index (κ3) is 1.91. The van der Waals surface area contributed by atoms with E-state index in [1.165, 1.54) is 47.7 Å². The van der Waals surface area contributed by atoms with Crippen LogP contribution in [0.5, 0.6) is 0 Å². The number of nitrogens with zero attached hydrogens (tertiary/aromatic N) is 1. The summed E-state index contributed by atoms with van der Waals surface area (Å²) in [5.41, 5.74) is 1.23. The molecule has 1 aromatic heterocycles. The molecule has 0 saturated heterocycles. The number of rotatable bonds is 3. The molecule has 1 fully saturated rings. The van der Waals surface area contributed by atoms with Gasteiger partial charge in [0.25, 0.3) is 0 Å². The first-order valence-electron chi connectivity index (χ1n) is 7.01. The largest absolute Gasteiger partial charge is 0.371 e. The van der Waals surface area contributed by atoms with Crippen molar-refractivity contribution in [1.29, 1.82) is 0 Å². The minimum absolute atomic E-state index is 0.0691. The molecule has 2 aliphatic carbocycles. The van der Waals surface area contributed by atoms with E-state index in [1.54, 1.807) is 0 Å². The van der Waals surface area contributed by atoms with Crippen molar-refractivity contribution in [3.63, 3.8) is 0 Å². The maximum absolute atomic E-state index is 5.86. The molecule has 1 unspecified atom stereocenters. The molecule has 1 heterocycles. The van der Waals surface area contributed by atoms with Gasteiger partial charge in [-0.3, -0.25) is 0 Å². The number of methoxy groups -OCH3 is 1. The fraction of sp³-hybridized carbons (Fsp3) is 0.786. The van der Waals surface area contributed by atoms with Crippen LogP contribution in [0.15, 0.2) is 0 Å². The number of nitrogens with one attached hydrogen (secondary N) is 1. The molecule has 0 aliphatic heterocycles. The van der Waals surface area contributed by atoms with Crippen LogP contribution in [0.4, 0.5) is 0 Å². The number of hydrogen-bond donors (Lipinski definition) is 1. The highest BCUT2D eigenvalue weighted by atomic mass is 32.1. The monoisotopic (exact) mass is 266 g/mol. The van der Waals surface area contributed by atoms with Crippen LogP contribution in [0.3, 0.4) is 0 Å². The highest BCUT2D eigenvalue weighted by Gasteiger charge is 2.40. The number of aromatic nitrogens is 1. The van der Waals surface area contributed by atoms with Gasteiger partial charge in [-0.15, -0.1) is 11.3 Å². The molecule has 18 heavy (non-hydrogen) atoms. The summed E-state index contributed by atoms with van der Waals surface area (Å²) in [6.07, 6.45) is 8.51. The molecule has 3 rings (SSSR count). The lowest BCUT2D eigenvalue weighted by atomic mass is 9.97. The van der Waals surface area contributed by atoms with Gasteiger partial charge in [0, 0.05) is 12.0 Å². The van der Waals surface area contributed by atoms with Crippen LogP contribution in [0.1, 0.15) is 60.1 Å². The van der Waals surface area contributed by atoms with Crippen molar-refractivity contribution < 1.29 is 4.74 Å². The summed E-state index contributed by atoms with van der Waals surface area (Å²) in [6, 6.07) is 0.453. The second-order valence-corrected chi connectivity index (χ2v) is 6.55. The molecular weight excluding hydrogens is 244 g/mol. The van der Waals surface area contributed by atoms with E-state index in [1.807, 2.05) is 25.5 Å². The molecule has 0 amide bonds. The van der Waals surface area contributed by atoms with Crippen molar-refractivity contribution in [3.05, 3.63) is 15.6 Å². The summed E-state index contributed by atoms with van der Waals surface area (Å²) >= 11 is 1.90. The Kier molecular flexibility index (Phi) is 3.43. The Morgan fingerprint density at radius 2 is 2.11 bits per heavy atom. The first-order valence-corrected chi connectivity index (χ1v) is 7.83. The van der Waals surface area contributed by atoms with Crippen molar-refractivity contribution in [2.45, 2.75) is 56.6 Å². The van der Waals surface area contributed by atoms with E-state index in [-0.39, 0.29) is 5.60 Å². The summed E-state index contributed by atoms with van der Waals surface area (Å²) < 4.78 is 5.86. The lowest BCUT2D eigenvalue weighted by Crippen LogP contribution is -2.25. The normalized spacial score (nSPS) is 26.2. The van der Waals surface area contributed by atoms with E-state index >= 15 is 0 Å². The predicted molar refractivity (Wildman–Crippen MR) is 74.0 cm³/mol. The highest BCUT2D eigenvalue weighted by molar-refractivity contribution is 7.11. The Hall–Kier alpha value is -0.450. The van der Waals surface area contributed by atoms with Crippen LogP contribution >= 0.6 is 11.3 Å². The fourth-order valence-electron chi connectivity index (χ4n) is 3.35. The Bertz CT molecular complexity index is 423. The number of aryl methyl sites for hydroxylation is 1. The number of ether oxygens (including phenoxy) is 1. The quantitative estimate of drug-likeness (QED) is 0.912. The lowest BCUT2D eigenvalue weighted by Gasteiger charge is -2.24. The van der Waals surface area contributed by atoms with Gasteiger partial charge in [-0.2, -0.15) is 0 Å². The second-order valence-electron chi connectivity index (χ2n) is 5.47. The standard InChI is InChI=1S/C14H22N2OS/c1-15-10-6-5-7-11-12(10)16-13(18-11)14(17-2)8-3-4-9-14/h10,15H,3-9H2,1-2H3. The number of thiazole rings is 1. The average molecular weight is 266 g/mol. The van der Waals surface area contributed by atoms with E-state index in [9.17, 15) is 0 Å². The van der Waals surface area contributed by atoms with E-state index in [0.717, 1.165) is 12.8 Å². The molecule has 0 spiro atoms. The molecule has 1 aromatic rings. The van der Waals surface area contributed by atoms with E-state index in [4.69, 9.17) is 9.72 Å². The third-order valence-corrected chi connectivity index (χ3v) is 5.81. The van der Waals surface area contributed by atoms with E-state index in [2.05, 4.69) is 5.32 Å². The predicted octanol–water partition coefficient (Wildman–Crippen LogP) is 3.16. The first-order chi connectivity index (χ1) is 8.79. The van der Waals surface area contributed by atoms with Gasteiger partial charge >= 0.3 is 0 Å². The van der Waals surface area contributed by atoms with Gasteiger partial charge in [-0.25, -0.2) is 4.98 Å². The zero-order valence-corrected chi connectivity index (χ0v) is 12.1. The summed E-state index contributed by atoms with van der Waals surface area (Å²) in [5, 5.41) is 4.63. The first kappa shape index (κ1) is 12.6. The molecule has 1 N–H and O–H groups in total. The van der Waals surface area contributed by atoms with Gasteiger partial charge in [0.2, 0.25) is 0 Å². The van der Waals surface area contributed by atoms with Crippen LogP contribution in [0.2, 0.25) is 0 Å². The van der Waals surface area contributed by atoms with Crippen LogP contribution in [0.25, 0.3) is 0 Å². The third-order valence-electron chi connectivity index (χ3n) is 4.49. The van der Waals surface area contributed by atoms with Gasteiger partial charge in [-0.05, 0) is 39.2 Å². The van der Waals surface area contributed by atoms with Crippen LogP contribution in [-0.2, 0) is 16.8 Å². The van der Waals surface area contributed by atoms with E-state index < -0.39 is 0 Å². The topological polar surface area (TPSA) is 34.1 Å². The SMILES string of the molecule is CNC1CCCc2sc(C3(OC)CCCC3)nc21. The van der Waals surface area contributed by atoms with E-state index in [0.29, 0.717) is 6.04 Å². The minimum atomic E-state index is -0.0691. The zero-order chi connectivity index (χ0) is 12.6. The second kappa shape index (κ2) is 4.91. The molecule has 0 radical (unpaired) electrons. The van der Waals surface area contributed by atoms with Gasteiger partial charge in [-0.1, -0.05) is 12.8 Å². The Balaban J connectivity index is 1.96. The van der Waals surface area contributed by atoms with Gasteiger partial charge in [0.05, 0.1) is 11.7 Å². The maximum atomic E-state index is 5.86. The maximum Gasteiger partial charge on any atom is 0.125 e. The van der Waals surface area contributed by atoms with Crippen molar-refractivity contribution in [1.82, 2.24) is 10.3 Å². The van der Waals surface area contributed by atoms with Crippen LogP contribution in [-0.4, -0.2) is 19.1 Å². The Morgan fingerprint density at radius 3 is 2.78 bits per heavy atom. The Morgan fingerprint density at radius 1 is 1.33 bits per heavy atom. The Labute approximate surface area is 113 Å². The van der Waals surface area contributed by atoms with Gasteiger partial charge < -0.3 is 10.1 Å². The molecule has 3 nitrogen and oxygen atoms in total. The van der Waals surface area contributed by atoms with Crippen molar-refractivity contribution in [2.24, 2.45) is 0 Å². The number of fused-ring (bicyclic) bond motifs is 1. The fourth-order valence-corrected chi connectivity index (χ4v) is 4.74. The molecule has 100 valence electrons. The van der Waals surface area contributed by atoms with Gasteiger partial charge in [0.1, 0.15) is 10.6 Å². The molecule has 4 heteroatoms. The molecule has 1 saturated carbocycles. The smallest absolute Gasteiger partial charge is 0.125 e. The molecular formula is C14H22N2OS. The minimum Gasteiger partial charge on any atom is -0.371 e. The summed E-state index contributed by atoms with van der Waals surface area (Å²) in [7, 11) is 3.89. The highest BCUT2D eigenvalue weighted by Crippen LogP contribution is 2.45. The zero-order valence-electron chi connectivity index (χ0n) is 11.3. The molecule has 0 bridgehead atoms. The lowest BCUT2D eigenvalue weighted by molar-refractivity contribution is -0.00901. The summed E-state index contributed by atoms with van der Waals surface area (Å²) in [6.45, 7) is 0. The summed E-state index contributed by atoms with van der Waals surface area (Å²) in [5.74, 6) is 0. The molecule has 1 atom stereocenters. The van der Waals surface area contributed by atoms with Crippen molar-refractivity contribution >= 4 is 11.3 Å². The van der Waals surface area contributed by atoms with Crippen molar-refractivity contribution in [3.8, 4) is 0 Å².